The van der Waals surface area contributed by atoms with Crippen LogP contribution in [-0.2, 0) is 4.79 Å². The van der Waals surface area contributed by atoms with Crippen molar-refractivity contribution in [2.45, 2.75) is 58.2 Å². The van der Waals surface area contributed by atoms with Gasteiger partial charge in [-0.1, -0.05) is 6.92 Å². The van der Waals surface area contributed by atoms with Crippen molar-refractivity contribution in [1.82, 2.24) is 15.5 Å². The van der Waals surface area contributed by atoms with E-state index in [1.807, 2.05) is 20.8 Å². The molecule has 1 heterocycles. The number of hydrogen-bond acceptors (Lipinski definition) is 3. The number of carbonyl (C=O) groups is 1. The molecule has 1 fully saturated rings. The van der Waals surface area contributed by atoms with Crippen LogP contribution in [0.25, 0.3) is 0 Å². The fourth-order valence-corrected chi connectivity index (χ4v) is 2.31. The Morgan fingerprint density at radius 3 is 2.65 bits per heavy atom. The van der Waals surface area contributed by atoms with Crippen LogP contribution in [0.4, 0.5) is 0 Å². The summed E-state index contributed by atoms with van der Waals surface area (Å²) in [5, 5.41) is 6.38. The van der Waals surface area contributed by atoms with Crippen molar-refractivity contribution < 1.29 is 4.79 Å². The van der Waals surface area contributed by atoms with Gasteiger partial charge < -0.3 is 15.5 Å². The number of nitrogens with one attached hydrogen (secondary N) is 2. The number of rotatable bonds is 4. The first kappa shape index (κ1) is 14.5. The third kappa shape index (κ3) is 3.96. The highest BCUT2D eigenvalue weighted by atomic mass is 16.2. The molecule has 1 rings (SSSR count). The quantitative estimate of drug-likeness (QED) is 0.771. The van der Waals surface area contributed by atoms with Gasteiger partial charge in [0.05, 0.1) is 5.54 Å². The molecular weight excluding hydrogens is 214 g/mol. The van der Waals surface area contributed by atoms with Crippen molar-refractivity contribution in [3.63, 3.8) is 0 Å². The topological polar surface area (TPSA) is 44.4 Å². The zero-order valence-corrected chi connectivity index (χ0v) is 11.8. The van der Waals surface area contributed by atoms with E-state index >= 15 is 0 Å². The normalized spacial score (nSPS) is 26.9. The van der Waals surface area contributed by atoms with Gasteiger partial charge >= 0.3 is 0 Å². The van der Waals surface area contributed by atoms with Crippen LogP contribution in [0.15, 0.2) is 0 Å². The molecule has 1 aliphatic rings. The van der Waals surface area contributed by atoms with Crippen LogP contribution in [0.2, 0.25) is 0 Å². The maximum absolute atomic E-state index is 12.1. The fraction of sp³-hybridized carbons (Fsp3) is 0.923. The van der Waals surface area contributed by atoms with E-state index in [2.05, 4.69) is 29.5 Å². The minimum Gasteiger partial charge on any atom is -0.352 e. The van der Waals surface area contributed by atoms with E-state index in [9.17, 15) is 4.79 Å². The van der Waals surface area contributed by atoms with Gasteiger partial charge in [-0.05, 0) is 47.2 Å². The van der Waals surface area contributed by atoms with Crippen LogP contribution in [0.5, 0.6) is 0 Å². The third-order valence-electron chi connectivity index (χ3n) is 3.73. The first-order chi connectivity index (χ1) is 7.86. The molecule has 1 aliphatic heterocycles. The fourth-order valence-electron chi connectivity index (χ4n) is 2.31. The van der Waals surface area contributed by atoms with Crippen LogP contribution in [0.1, 0.15) is 40.5 Å². The zero-order chi connectivity index (χ0) is 13.1. The molecule has 1 saturated heterocycles. The third-order valence-corrected chi connectivity index (χ3v) is 3.73. The second-order valence-corrected chi connectivity index (χ2v) is 5.68. The summed E-state index contributed by atoms with van der Waals surface area (Å²) in [4.78, 5) is 14.5. The molecular formula is C13H27N3O. The molecule has 4 nitrogen and oxygen atoms in total. The Bertz CT molecular complexity index is 265. The van der Waals surface area contributed by atoms with Crippen LogP contribution in [0, 0.1) is 0 Å². The summed E-state index contributed by atoms with van der Waals surface area (Å²) in [7, 11) is 2.14. The van der Waals surface area contributed by atoms with Crippen LogP contribution in [0.3, 0.4) is 0 Å². The summed E-state index contributed by atoms with van der Waals surface area (Å²) in [6.07, 6.45) is 2.10. The lowest BCUT2D eigenvalue weighted by Crippen LogP contribution is -2.57. The molecule has 2 N–H and O–H groups in total. The molecule has 0 aliphatic carbocycles. The van der Waals surface area contributed by atoms with Gasteiger partial charge in [-0.3, -0.25) is 4.79 Å². The van der Waals surface area contributed by atoms with Gasteiger partial charge in [0.25, 0.3) is 0 Å². The van der Waals surface area contributed by atoms with E-state index in [-0.39, 0.29) is 5.91 Å². The van der Waals surface area contributed by atoms with E-state index < -0.39 is 5.54 Å². The SMILES string of the molecule is CCNC(C)(C)C(=O)NC1CCN(C)C(C)C1. The second kappa shape index (κ2) is 5.83. The summed E-state index contributed by atoms with van der Waals surface area (Å²) in [6.45, 7) is 9.98. The minimum absolute atomic E-state index is 0.112. The highest BCUT2D eigenvalue weighted by Gasteiger charge is 2.30. The molecule has 4 heteroatoms. The summed E-state index contributed by atoms with van der Waals surface area (Å²) in [5.41, 5.74) is -0.471. The van der Waals surface area contributed by atoms with Crippen molar-refractivity contribution in [1.29, 1.82) is 0 Å². The number of piperidine rings is 1. The van der Waals surface area contributed by atoms with Gasteiger partial charge in [0.15, 0.2) is 0 Å². The van der Waals surface area contributed by atoms with Crippen molar-refractivity contribution in [3.8, 4) is 0 Å². The predicted molar refractivity (Wildman–Crippen MR) is 71.0 cm³/mol. The number of likely N-dealkylation sites (N-methyl/N-ethyl adjacent to an activating group) is 1. The van der Waals surface area contributed by atoms with Crippen molar-refractivity contribution in [3.05, 3.63) is 0 Å². The minimum atomic E-state index is -0.471. The average molecular weight is 241 g/mol. The maximum Gasteiger partial charge on any atom is 0.239 e. The number of hydrogen-bond donors (Lipinski definition) is 2. The molecule has 0 aromatic carbocycles. The van der Waals surface area contributed by atoms with Gasteiger partial charge in [0.2, 0.25) is 5.91 Å². The van der Waals surface area contributed by atoms with Crippen LogP contribution < -0.4 is 10.6 Å². The Morgan fingerprint density at radius 2 is 2.12 bits per heavy atom. The Hall–Kier alpha value is -0.610. The molecule has 0 spiro atoms. The molecule has 0 aromatic heterocycles. The van der Waals surface area contributed by atoms with E-state index in [1.165, 1.54) is 0 Å². The second-order valence-electron chi connectivity index (χ2n) is 5.68. The van der Waals surface area contributed by atoms with Gasteiger partial charge in [0.1, 0.15) is 0 Å². The molecule has 1 amide bonds. The van der Waals surface area contributed by atoms with E-state index in [1.54, 1.807) is 0 Å². The number of carbonyl (C=O) groups excluding carboxylic acids is 1. The Kier molecular flexibility index (Phi) is 4.95. The standard InChI is InChI=1S/C13H27N3O/c1-6-14-13(3,4)12(17)15-11-7-8-16(5)10(2)9-11/h10-11,14H,6-9H2,1-5H3,(H,15,17). The molecule has 17 heavy (non-hydrogen) atoms. The molecule has 0 aromatic rings. The van der Waals surface area contributed by atoms with Gasteiger partial charge in [-0.2, -0.15) is 0 Å². The lowest BCUT2D eigenvalue weighted by atomic mass is 9.97. The first-order valence-electron chi connectivity index (χ1n) is 6.63. The summed E-state index contributed by atoms with van der Waals surface area (Å²) in [6, 6.07) is 0.878. The monoisotopic (exact) mass is 241 g/mol. The first-order valence-corrected chi connectivity index (χ1v) is 6.63. The molecule has 0 radical (unpaired) electrons. The summed E-state index contributed by atoms with van der Waals surface area (Å²) < 4.78 is 0. The Labute approximate surface area is 105 Å². The van der Waals surface area contributed by atoms with E-state index in [0.717, 1.165) is 25.9 Å². The molecule has 0 bridgehead atoms. The van der Waals surface area contributed by atoms with Crippen molar-refractivity contribution >= 4 is 5.91 Å². The summed E-state index contributed by atoms with van der Waals surface area (Å²) in [5.74, 6) is 0.112. The van der Waals surface area contributed by atoms with Crippen molar-refractivity contribution in [2.24, 2.45) is 0 Å². The van der Waals surface area contributed by atoms with E-state index in [4.69, 9.17) is 0 Å². The lowest BCUT2D eigenvalue weighted by Gasteiger charge is -2.37. The maximum atomic E-state index is 12.1. The molecule has 0 saturated carbocycles. The number of nitrogens with zero attached hydrogens (tertiary/aromatic N) is 1. The highest BCUT2D eigenvalue weighted by Crippen LogP contribution is 2.16. The lowest BCUT2D eigenvalue weighted by molar-refractivity contribution is -0.127. The van der Waals surface area contributed by atoms with Gasteiger partial charge in [-0.25, -0.2) is 0 Å². The van der Waals surface area contributed by atoms with Crippen LogP contribution >= 0.6 is 0 Å². The smallest absolute Gasteiger partial charge is 0.239 e. The summed E-state index contributed by atoms with van der Waals surface area (Å²) >= 11 is 0. The largest absolute Gasteiger partial charge is 0.352 e. The molecule has 2 unspecified atom stereocenters. The van der Waals surface area contributed by atoms with Crippen LogP contribution in [-0.4, -0.2) is 48.6 Å². The average Bonchev–Trinajstić information content (AvgIpc) is 2.23. The van der Waals surface area contributed by atoms with Gasteiger partial charge in [0, 0.05) is 18.6 Å². The van der Waals surface area contributed by atoms with Crippen molar-refractivity contribution in [2.75, 3.05) is 20.1 Å². The number of likely N-dealkylation sites (tertiary alicyclic amines) is 1. The highest BCUT2D eigenvalue weighted by molar-refractivity contribution is 5.85. The number of amides is 1. The Balaban J connectivity index is 2.46. The zero-order valence-electron chi connectivity index (χ0n) is 11.8. The van der Waals surface area contributed by atoms with Gasteiger partial charge in [-0.15, -0.1) is 0 Å². The predicted octanol–water partition coefficient (Wildman–Crippen LogP) is 0.973. The molecule has 100 valence electrons. The molecule has 2 atom stereocenters. The Morgan fingerprint density at radius 1 is 1.47 bits per heavy atom. The van der Waals surface area contributed by atoms with E-state index in [0.29, 0.717) is 12.1 Å².